The number of carbonyl (C=O) groups excluding carboxylic acids is 2. The van der Waals surface area contributed by atoms with Gasteiger partial charge in [0.25, 0.3) is 0 Å². The number of aromatic nitrogens is 4. The molecule has 1 unspecified atom stereocenters. The van der Waals surface area contributed by atoms with E-state index in [1.165, 1.54) is 10.9 Å². The molecule has 1 N–H and O–H groups in total. The second-order valence-corrected chi connectivity index (χ2v) is 10.6. The summed E-state index contributed by atoms with van der Waals surface area (Å²) in [4.78, 5) is 36.3. The average Bonchev–Trinajstić information content (AvgIpc) is 3.48. The zero-order valence-electron chi connectivity index (χ0n) is 21.7. The highest BCUT2D eigenvalue weighted by Crippen LogP contribution is 2.40. The third kappa shape index (κ3) is 4.73. The molecule has 2 aliphatic rings. The Bertz CT molecular complexity index is 1520. The molecule has 196 valence electrons. The van der Waals surface area contributed by atoms with Crippen molar-refractivity contribution < 1.29 is 18.8 Å². The van der Waals surface area contributed by atoms with Gasteiger partial charge in [0.05, 0.1) is 17.8 Å². The zero-order chi connectivity index (χ0) is 26.4. The molecule has 3 aromatic heterocycles. The van der Waals surface area contributed by atoms with Gasteiger partial charge in [-0.3, -0.25) is 14.7 Å². The van der Waals surface area contributed by atoms with Crippen molar-refractivity contribution in [3.8, 4) is 11.6 Å². The van der Waals surface area contributed by atoms with Crippen molar-refractivity contribution in [1.82, 2.24) is 24.6 Å². The number of fused-ring (bicyclic) bond motifs is 2. The van der Waals surface area contributed by atoms with Gasteiger partial charge in [-0.1, -0.05) is 19.0 Å². The fourth-order valence-corrected chi connectivity index (χ4v) is 4.93. The van der Waals surface area contributed by atoms with Gasteiger partial charge in [0.15, 0.2) is 5.82 Å². The molecule has 38 heavy (non-hydrogen) atoms. The number of hydrogen-bond acceptors (Lipinski definition) is 7. The van der Waals surface area contributed by atoms with Crippen LogP contribution in [-0.4, -0.2) is 42.6 Å². The molecule has 4 aromatic rings. The van der Waals surface area contributed by atoms with Gasteiger partial charge in [-0.25, -0.2) is 14.8 Å². The van der Waals surface area contributed by atoms with Crippen LogP contribution in [0.4, 0.5) is 10.6 Å². The second-order valence-electron chi connectivity index (χ2n) is 10.6. The Kier molecular flexibility index (Phi) is 6.09. The molecule has 0 saturated heterocycles. The Labute approximate surface area is 220 Å². The number of nitrogens with one attached hydrogen (secondary N) is 1. The molecule has 1 aliphatic heterocycles. The van der Waals surface area contributed by atoms with Crippen LogP contribution in [0.3, 0.4) is 0 Å². The van der Waals surface area contributed by atoms with Gasteiger partial charge in [-0.2, -0.15) is 0 Å². The number of rotatable bonds is 6. The Morgan fingerprint density at radius 3 is 2.82 bits per heavy atom. The summed E-state index contributed by atoms with van der Waals surface area (Å²) in [5.41, 5.74) is 2.47. The number of hydrogen-bond donors (Lipinski definition) is 1. The van der Waals surface area contributed by atoms with Crippen LogP contribution < -0.4 is 10.1 Å². The normalized spacial score (nSPS) is 17.1. The van der Waals surface area contributed by atoms with Gasteiger partial charge in [-0.05, 0) is 56.4 Å². The first-order chi connectivity index (χ1) is 18.4. The van der Waals surface area contributed by atoms with E-state index in [2.05, 4.69) is 20.4 Å². The van der Waals surface area contributed by atoms with Crippen LogP contribution in [0.1, 0.15) is 63.0 Å². The molecular formula is C28H30N6O4. The molecule has 10 nitrogen and oxygen atoms in total. The second kappa shape index (κ2) is 9.59. The van der Waals surface area contributed by atoms with E-state index in [-0.39, 0.29) is 18.0 Å². The van der Waals surface area contributed by atoms with E-state index in [1.807, 2.05) is 49.9 Å². The minimum Gasteiger partial charge on any atom is -0.439 e. The molecule has 6 rings (SSSR count). The molecule has 0 spiro atoms. The van der Waals surface area contributed by atoms with E-state index in [1.54, 1.807) is 12.3 Å². The van der Waals surface area contributed by atoms with Crippen molar-refractivity contribution in [2.75, 3.05) is 5.32 Å². The lowest BCUT2D eigenvalue weighted by atomic mass is 9.98. The van der Waals surface area contributed by atoms with Gasteiger partial charge in [0, 0.05) is 41.6 Å². The van der Waals surface area contributed by atoms with Gasteiger partial charge in [0.1, 0.15) is 17.8 Å². The number of carbonyl (C=O) groups is 2. The summed E-state index contributed by atoms with van der Waals surface area (Å²) in [6.45, 7) is 6.59. The minimum atomic E-state index is -0.320. The molecule has 1 fully saturated rings. The lowest BCUT2D eigenvalue weighted by Crippen LogP contribution is -2.43. The van der Waals surface area contributed by atoms with Crippen LogP contribution in [0.15, 0.2) is 47.4 Å². The van der Waals surface area contributed by atoms with Gasteiger partial charge in [-0.15, -0.1) is 0 Å². The van der Waals surface area contributed by atoms with E-state index in [0.29, 0.717) is 48.7 Å². The number of ether oxygens (including phenoxy) is 1. The summed E-state index contributed by atoms with van der Waals surface area (Å²) >= 11 is 0. The Morgan fingerprint density at radius 1 is 1.18 bits per heavy atom. The molecule has 0 bridgehead atoms. The Morgan fingerprint density at radius 2 is 2.03 bits per heavy atom. The van der Waals surface area contributed by atoms with E-state index in [4.69, 9.17) is 9.26 Å². The largest absolute Gasteiger partial charge is 0.439 e. The van der Waals surface area contributed by atoms with E-state index >= 15 is 0 Å². The zero-order valence-corrected chi connectivity index (χ0v) is 21.7. The lowest BCUT2D eigenvalue weighted by Gasteiger charge is -2.35. The van der Waals surface area contributed by atoms with Crippen LogP contribution in [0, 0.1) is 5.92 Å². The van der Waals surface area contributed by atoms with Gasteiger partial charge < -0.3 is 14.2 Å². The summed E-state index contributed by atoms with van der Waals surface area (Å²) in [5.74, 6) is 3.19. The molecule has 0 radical (unpaired) electrons. The quantitative estimate of drug-likeness (QED) is 0.362. The van der Waals surface area contributed by atoms with E-state index in [0.717, 1.165) is 40.8 Å². The van der Waals surface area contributed by atoms with Crippen LogP contribution in [-0.2, 0) is 17.8 Å². The lowest BCUT2D eigenvalue weighted by molar-refractivity contribution is -0.135. The highest BCUT2D eigenvalue weighted by Gasteiger charge is 2.31. The van der Waals surface area contributed by atoms with Crippen molar-refractivity contribution in [2.45, 2.75) is 65.0 Å². The van der Waals surface area contributed by atoms with E-state index < -0.39 is 0 Å². The maximum absolute atomic E-state index is 12.9. The van der Waals surface area contributed by atoms with Gasteiger partial charge in [0.2, 0.25) is 11.8 Å². The first-order valence-electron chi connectivity index (χ1n) is 13.0. The first-order valence-corrected chi connectivity index (χ1v) is 13.0. The maximum Gasteiger partial charge on any atom is 0.331 e. The van der Waals surface area contributed by atoms with Crippen LogP contribution in [0.25, 0.3) is 10.9 Å². The average molecular weight is 515 g/mol. The molecule has 1 aliphatic carbocycles. The highest BCUT2D eigenvalue weighted by atomic mass is 16.5. The number of nitrogens with zero attached hydrogens (tertiary/aromatic N) is 5. The van der Waals surface area contributed by atoms with Crippen LogP contribution in [0.2, 0.25) is 0 Å². The summed E-state index contributed by atoms with van der Waals surface area (Å²) < 4.78 is 13.1. The molecule has 1 atom stereocenters. The summed E-state index contributed by atoms with van der Waals surface area (Å²) in [7, 11) is 0. The van der Waals surface area contributed by atoms with Crippen LogP contribution >= 0.6 is 0 Å². The predicted molar refractivity (Wildman–Crippen MR) is 140 cm³/mol. The van der Waals surface area contributed by atoms with Crippen molar-refractivity contribution in [2.24, 2.45) is 5.92 Å². The molecule has 1 aromatic carbocycles. The van der Waals surface area contributed by atoms with Gasteiger partial charge >= 0.3 is 6.03 Å². The van der Waals surface area contributed by atoms with Crippen molar-refractivity contribution in [3.05, 3.63) is 59.9 Å². The molecular weight excluding hydrogens is 484 g/mol. The Balaban J connectivity index is 1.18. The summed E-state index contributed by atoms with van der Waals surface area (Å²) in [6, 6.07) is 8.88. The third-order valence-electron chi connectivity index (χ3n) is 7.09. The SMILES string of the molecule is CC(C)CC(=O)N1Cc2ncnc(Oc3ccc4c(ccn4C(=O)Nc4cc(C5CC5)on4)c3)c2CC1C. The molecule has 10 heteroatoms. The van der Waals surface area contributed by atoms with Crippen LogP contribution in [0.5, 0.6) is 11.6 Å². The fraction of sp³-hybridized carbons (Fsp3) is 0.393. The maximum atomic E-state index is 12.9. The number of anilines is 1. The first kappa shape index (κ1) is 24.1. The van der Waals surface area contributed by atoms with Crippen molar-refractivity contribution >= 4 is 28.7 Å². The highest BCUT2D eigenvalue weighted by molar-refractivity contribution is 5.98. The monoisotopic (exact) mass is 514 g/mol. The topological polar surface area (TPSA) is 115 Å². The predicted octanol–water partition coefficient (Wildman–Crippen LogP) is 5.49. The molecule has 4 heterocycles. The number of amides is 2. The van der Waals surface area contributed by atoms with Crippen molar-refractivity contribution in [1.29, 1.82) is 0 Å². The minimum absolute atomic E-state index is 0.0298. The standard InChI is InChI=1S/C28H30N6O4/c1-16(2)10-26(35)34-14-22-21(11-17(34)3)27(30-15-29-22)37-20-6-7-23-19(12-20)8-9-33(23)28(36)31-25-13-24(38-32-25)18-4-5-18/h6-9,12-13,15-18H,4-5,10-11,14H2,1-3H3,(H,31,32,36). The summed E-state index contributed by atoms with van der Waals surface area (Å²) in [6.07, 6.45) is 6.53. The number of benzene rings is 1. The fourth-order valence-electron chi connectivity index (χ4n) is 4.93. The third-order valence-corrected chi connectivity index (χ3v) is 7.09. The Hall–Kier alpha value is -4.21. The summed E-state index contributed by atoms with van der Waals surface area (Å²) in [5, 5.41) is 7.60. The van der Waals surface area contributed by atoms with E-state index in [9.17, 15) is 9.59 Å². The van der Waals surface area contributed by atoms with Crippen molar-refractivity contribution in [3.63, 3.8) is 0 Å². The molecule has 1 saturated carbocycles. The smallest absolute Gasteiger partial charge is 0.331 e. The molecule has 2 amide bonds.